The first-order valence-corrected chi connectivity index (χ1v) is 8.87. The zero-order valence-corrected chi connectivity index (χ0v) is 14.4. The molecule has 1 atom stereocenters. The number of rotatable bonds is 1. The molecule has 2 aliphatic rings. The van der Waals surface area contributed by atoms with Crippen LogP contribution in [0.4, 0.5) is 0 Å². The zero-order chi connectivity index (χ0) is 17.4. The quantitative estimate of drug-likeness (QED) is 0.804. The van der Waals surface area contributed by atoms with Crippen molar-refractivity contribution < 1.29 is 9.59 Å². The topological polar surface area (TPSA) is 40.6 Å². The van der Waals surface area contributed by atoms with Gasteiger partial charge < -0.3 is 9.80 Å². The van der Waals surface area contributed by atoms with Crippen molar-refractivity contribution >= 4 is 11.8 Å². The number of nitrogens with zero attached hydrogens (tertiary/aromatic N) is 2. The Kier molecular flexibility index (Phi) is 4.04. The van der Waals surface area contributed by atoms with E-state index >= 15 is 0 Å². The fourth-order valence-corrected chi connectivity index (χ4v) is 3.91. The summed E-state index contributed by atoms with van der Waals surface area (Å²) < 4.78 is 0. The largest absolute Gasteiger partial charge is 0.332 e. The van der Waals surface area contributed by atoms with E-state index in [1.165, 1.54) is 11.1 Å². The zero-order valence-electron chi connectivity index (χ0n) is 14.4. The fourth-order valence-electron chi connectivity index (χ4n) is 3.91. The van der Waals surface area contributed by atoms with Crippen LogP contribution in [-0.4, -0.2) is 41.2 Å². The van der Waals surface area contributed by atoms with Gasteiger partial charge in [0.1, 0.15) is 6.54 Å². The maximum atomic E-state index is 12.9. The van der Waals surface area contributed by atoms with E-state index in [9.17, 15) is 9.59 Å². The average Bonchev–Trinajstić information content (AvgIpc) is 2.82. The molecule has 0 radical (unpaired) electrons. The lowest BCUT2D eigenvalue weighted by atomic mass is 9.96. The van der Waals surface area contributed by atoms with Crippen LogP contribution in [0.5, 0.6) is 0 Å². The Morgan fingerprint density at radius 1 is 1.08 bits per heavy atom. The third-order valence-electron chi connectivity index (χ3n) is 5.26. The predicted octanol–water partition coefficient (Wildman–Crippen LogP) is 2.97. The van der Waals surface area contributed by atoms with Crippen molar-refractivity contribution in [2.24, 2.45) is 0 Å². The minimum absolute atomic E-state index is 0.0330. The summed E-state index contributed by atoms with van der Waals surface area (Å²) in [5.74, 6) is -0.0110. The van der Waals surface area contributed by atoms with Crippen molar-refractivity contribution in [3.63, 3.8) is 0 Å². The number of amides is 2. The molecule has 0 saturated carbocycles. The number of hydrogen-bond donors (Lipinski definition) is 0. The van der Waals surface area contributed by atoms with Gasteiger partial charge in [-0.2, -0.15) is 0 Å². The monoisotopic (exact) mass is 334 g/mol. The highest BCUT2D eigenvalue weighted by atomic mass is 16.2. The third-order valence-corrected chi connectivity index (χ3v) is 5.26. The molecule has 4 heteroatoms. The second-order valence-corrected chi connectivity index (χ2v) is 6.96. The Hall–Kier alpha value is -2.62. The van der Waals surface area contributed by atoms with E-state index in [1.54, 1.807) is 4.90 Å². The van der Waals surface area contributed by atoms with Gasteiger partial charge in [-0.15, -0.1) is 0 Å². The van der Waals surface area contributed by atoms with Gasteiger partial charge in [0.25, 0.3) is 5.91 Å². The molecule has 2 aliphatic heterocycles. The van der Waals surface area contributed by atoms with Gasteiger partial charge in [-0.1, -0.05) is 42.0 Å². The molecule has 25 heavy (non-hydrogen) atoms. The predicted molar refractivity (Wildman–Crippen MR) is 96.3 cm³/mol. The molecule has 4 nitrogen and oxygen atoms in total. The van der Waals surface area contributed by atoms with Crippen LogP contribution >= 0.6 is 0 Å². The van der Waals surface area contributed by atoms with E-state index < -0.39 is 0 Å². The van der Waals surface area contributed by atoms with E-state index in [1.807, 2.05) is 48.2 Å². The lowest BCUT2D eigenvalue weighted by molar-refractivity contribution is -0.138. The molecule has 0 aromatic heterocycles. The van der Waals surface area contributed by atoms with Gasteiger partial charge in [0, 0.05) is 18.7 Å². The van der Waals surface area contributed by atoms with Gasteiger partial charge >= 0.3 is 0 Å². The maximum absolute atomic E-state index is 12.9. The molecule has 2 aromatic carbocycles. The minimum Gasteiger partial charge on any atom is -0.332 e. The van der Waals surface area contributed by atoms with E-state index in [4.69, 9.17) is 0 Å². The fraction of sp³-hybridized carbons (Fsp3) is 0.333. The molecule has 1 fully saturated rings. The Bertz CT molecular complexity index is 813. The Morgan fingerprint density at radius 2 is 1.84 bits per heavy atom. The second kappa shape index (κ2) is 6.36. The molecular formula is C21H22N2O2. The summed E-state index contributed by atoms with van der Waals surface area (Å²) in [6, 6.07) is 15.8. The van der Waals surface area contributed by atoms with E-state index in [-0.39, 0.29) is 24.4 Å². The molecule has 0 N–H and O–H groups in total. The maximum Gasteiger partial charge on any atom is 0.254 e. The van der Waals surface area contributed by atoms with Crippen LogP contribution in [0.2, 0.25) is 0 Å². The third kappa shape index (κ3) is 2.93. The molecule has 2 aromatic rings. The van der Waals surface area contributed by atoms with Crippen LogP contribution in [0.3, 0.4) is 0 Å². The normalized spacial score (nSPS) is 19.9. The molecule has 2 amide bonds. The van der Waals surface area contributed by atoms with Gasteiger partial charge in [-0.05, 0) is 43.0 Å². The highest BCUT2D eigenvalue weighted by Gasteiger charge is 2.37. The molecule has 1 saturated heterocycles. The van der Waals surface area contributed by atoms with E-state index in [2.05, 4.69) is 12.1 Å². The highest BCUT2D eigenvalue weighted by molar-refractivity contribution is 5.97. The van der Waals surface area contributed by atoms with Gasteiger partial charge in [-0.25, -0.2) is 0 Å². The summed E-state index contributed by atoms with van der Waals surface area (Å²) in [6.07, 6.45) is 1.97. The van der Waals surface area contributed by atoms with Crippen LogP contribution in [0.25, 0.3) is 0 Å². The van der Waals surface area contributed by atoms with Crippen LogP contribution in [0.1, 0.15) is 39.5 Å². The SMILES string of the molecule is Cc1ccc(C(=O)N2CC(=O)N3CCCc4ccccc4C3C2)cc1. The van der Waals surface area contributed by atoms with Crippen molar-refractivity contribution in [3.05, 3.63) is 70.8 Å². The minimum atomic E-state index is -0.0604. The van der Waals surface area contributed by atoms with Crippen molar-refractivity contribution in [2.75, 3.05) is 19.6 Å². The molecule has 2 heterocycles. The number of hydrogen-bond acceptors (Lipinski definition) is 2. The molecular weight excluding hydrogens is 312 g/mol. The second-order valence-electron chi connectivity index (χ2n) is 6.96. The Balaban J connectivity index is 1.65. The van der Waals surface area contributed by atoms with Crippen molar-refractivity contribution in [1.29, 1.82) is 0 Å². The summed E-state index contributed by atoms with van der Waals surface area (Å²) in [6.45, 7) is 3.50. The van der Waals surface area contributed by atoms with Gasteiger partial charge in [-0.3, -0.25) is 9.59 Å². The lowest BCUT2D eigenvalue weighted by Crippen LogP contribution is -2.53. The van der Waals surface area contributed by atoms with E-state index in [0.717, 1.165) is 24.9 Å². The molecule has 0 spiro atoms. The van der Waals surface area contributed by atoms with Crippen LogP contribution < -0.4 is 0 Å². The van der Waals surface area contributed by atoms with Crippen LogP contribution in [-0.2, 0) is 11.2 Å². The Labute approximate surface area is 148 Å². The summed E-state index contributed by atoms with van der Waals surface area (Å²) >= 11 is 0. The van der Waals surface area contributed by atoms with Crippen molar-refractivity contribution in [2.45, 2.75) is 25.8 Å². The summed E-state index contributed by atoms with van der Waals surface area (Å²) in [5, 5.41) is 0. The smallest absolute Gasteiger partial charge is 0.254 e. The highest BCUT2D eigenvalue weighted by Crippen LogP contribution is 2.32. The first kappa shape index (κ1) is 15.9. The number of piperazine rings is 1. The van der Waals surface area contributed by atoms with Gasteiger partial charge in [0.05, 0.1) is 6.04 Å². The number of benzene rings is 2. The molecule has 0 bridgehead atoms. The van der Waals surface area contributed by atoms with Gasteiger partial charge in [0.15, 0.2) is 0 Å². The summed E-state index contributed by atoms with van der Waals surface area (Å²) in [7, 11) is 0. The number of carbonyl (C=O) groups is 2. The van der Waals surface area contributed by atoms with Crippen LogP contribution in [0, 0.1) is 6.92 Å². The first-order valence-electron chi connectivity index (χ1n) is 8.87. The first-order chi connectivity index (χ1) is 12.1. The van der Waals surface area contributed by atoms with Crippen molar-refractivity contribution in [1.82, 2.24) is 9.80 Å². The standard InChI is InChI=1S/C21H22N2O2/c1-15-8-10-17(11-9-15)21(25)22-13-19-18-7-3-2-5-16(18)6-4-12-23(19)20(24)14-22/h2-3,5,7-11,19H,4,6,12-14H2,1H3. The molecule has 0 aliphatic carbocycles. The summed E-state index contributed by atoms with van der Waals surface area (Å²) in [4.78, 5) is 29.3. The number of fused-ring (bicyclic) bond motifs is 3. The van der Waals surface area contributed by atoms with Crippen molar-refractivity contribution in [3.8, 4) is 0 Å². The molecule has 128 valence electrons. The lowest BCUT2D eigenvalue weighted by Gasteiger charge is -2.41. The average molecular weight is 334 g/mol. The number of aryl methyl sites for hydroxylation is 2. The number of carbonyl (C=O) groups excluding carboxylic acids is 2. The van der Waals surface area contributed by atoms with E-state index in [0.29, 0.717) is 12.1 Å². The molecule has 4 rings (SSSR count). The summed E-state index contributed by atoms with van der Waals surface area (Å²) in [5.41, 5.74) is 4.26. The Morgan fingerprint density at radius 3 is 2.64 bits per heavy atom. The van der Waals surface area contributed by atoms with Crippen LogP contribution in [0.15, 0.2) is 48.5 Å². The van der Waals surface area contributed by atoms with Gasteiger partial charge in [0.2, 0.25) is 5.91 Å². The molecule has 1 unspecified atom stereocenters.